The third kappa shape index (κ3) is 3.46. The maximum absolute atomic E-state index is 5.65. The maximum Gasteiger partial charge on any atom is 0.180 e. The van der Waals surface area contributed by atoms with Crippen molar-refractivity contribution in [3.05, 3.63) is 29.0 Å². The Balaban J connectivity index is 0.00000133. The van der Waals surface area contributed by atoms with Gasteiger partial charge in [-0.25, -0.2) is 4.98 Å². The zero-order valence-electron chi connectivity index (χ0n) is 10.6. The van der Waals surface area contributed by atoms with Crippen LogP contribution in [0.5, 0.6) is 0 Å². The van der Waals surface area contributed by atoms with E-state index in [9.17, 15) is 0 Å². The van der Waals surface area contributed by atoms with Gasteiger partial charge >= 0.3 is 0 Å². The minimum atomic E-state index is 0. The number of nitrogens with two attached hydrogens (primary N) is 1. The molecule has 7 heteroatoms. The number of nitrogens with zero attached hydrogens (tertiary/aromatic N) is 3. The number of aromatic amines is 1. The van der Waals surface area contributed by atoms with Crippen molar-refractivity contribution in [1.82, 2.24) is 20.1 Å². The van der Waals surface area contributed by atoms with Crippen LogP contribution in [0.15, 0.2) is 18.5 Å². The van der Waals surface area contributed by atoms with Crippen molar-refractivity contribution in [2.45, 2.75) is 25.3 Å². The SMILES string of the molecule is Cl.Nc1ncc(CN2CCC(c3ccn[nH]3)CC2)s1. The topological polar surface area (TPSA) is 70.8 Å². The molecular weight excluding hydrogens is 282 g/mol. The van der Waals surface area contributed by atoms with Crippen LogP contribution in [0.1, 0.15) is 29.3 Å². The van der Waals surface area contributed by atoms with Crippen molar-refractivity contribution in [3.8, 4) is 0 Å². The van der Waals surface area contributed by atoms with Crippen LogP contribution in [0.4, 0.5) is 5.13 Å². The molecule has 0 unspecified atom stereocenters. The van der Waals surface area contributed by atoms with Gasteiger partial charge in [0.15, 0.2) is 5.13 Å². The molecule has 2 aromatic rings. The average molecular weight is 300 g/mol. The maximum atomic E-state index is 5.65. The lowest BCUT2D eigenvalue weighted by Gasteiger charge is -2.30. The number of nitrogen functional groups attached to an aromatic ring is 1. The number of aromatic nitrogens is 3. The Bertz CT molecular complexity index is 490. The molecular formula is C12H18ClN5S. The molecule has 1 aliphatic heterocycles. The van der Waals surface area contributed by atoms with Crippen LogP contribution in [0, 0.1) is 0 Å². The number of likely N-dealkylation sites (tertiary alicyclic amines) is 1. The fraction of sp³-hybridized carbons (Fsp3) is 0.500. The lowest BCUT2D eigenvalue weighted by Crippen LogP contribution is -2.32. The summed E-state index contributed by atoms with van der Waals surface area (Å²) in [6.45, 7) is 3.23. The highest BCUT2D eigenvalue weighted by molar-refractivity contribution is 7.15. The molecule has 104 valence electrons. The van der Waals surface area contributed by atoms with Crippen LogP contribution in [0.25, 0.3) is 0 Å². The number of hydrogen-bond donors (Lipinski definition) is 2. The first-order valence-electron chi connectivity index (χ1n) is 6.23. The van der Waals surface area contributed by atoms with Gasteiger partial charge in [0.1, 0.15) is 0 Å². The Kier molecular flexibility index (Phi) is 4.79. The molecule has 3 N–H and O–H groups in total. The van der Waals surface area contributed by atoms with Crippen LogP contribution in [-0.4, -0.2) is 33.2 Å². The summed E-state index contributed by atoms with van der Waals surface area (Å²) in [7, 11) is 0. The number of halogens is 1. The summed E-state index contributed by atoms with van der Waals surface area (Å²) < 4.78 is 0. The van der Waals surface area contributed by atoms with E-state index >= 15 is 0 Å². The molecule has 5 nitrogen and oxygen atoms in total. The van der Waals surface area contributed by atoms with E-state index in [0.717, 1.165) is 19.6 Å². The summed E-state index contributed by atoms with van der Waals surface area (Å²) in [4.78, 5) is 7.82. The number of rotatable bonds is 3. The monoisotopic (exact) mass is 299 g/mol. The largest absolute Gasteiger partial charge is 0.375 e. The molecule has 1 aliphatic rings. The third-order valence-electron chi connectivity index (χ3n) is 3.50. The first-order chi connectivity index (χ1) is 8.81. The van der Waals surface area contributed by atoms with Crippen molar-refractivity contribution < 1.29 is 0 Å². The van der Waals surface area contributed by atoms with E-state index in [1.54, 1.807) is 11.3 Å². The molecule has 2 aromatic heterocycles. The predicted octanol–water partition coefficient (Wildman–Crippen LogP) is 2.25. The number of nitrogens with one attached hydrogen (secondary N) is 1. The molecule has 3 rings (SSSR count). The number of thiazole rings is 1. The normalized spacial score (nSPS) is 17.3. The molecule has 0 bridgehead atoms. The van der Waals surface area contributed by atoms with E-state index in [-0.39, 0.29) is 12.4 Å². The van der Waals surface area contributed by atoms with E-state index in [1.807, 2.05) is 12.4 Å². The first-order valence-corrected chi connectivity index (χ1v) is 7.05. The standard InChI is InChI=1S/C12H17N5S.ClH/c13-12-14-7-10(18-12)8-17-5-2-9(3-6-17)11-1-4-15-16-11;/h1,4,7,9H,2-3,5-6,8H2,(H2,13,14)(H,15,16);1H. The number of anilines is 1. The van der Waals surface area contributed by atoms with Crippen LogP contribution in [0.3, 0.4) is 0 Å². The zero-order chi connectivity index (χ0) is 12.4. The highest BCUT2D eigenvalue weighted by Gasteiger charge is 2.21. The van der Waals surface area contributed by atoms with Crippen molar-refractivity contribution in [3.63, 3.8) is 0 Å². The van der Waals surface area contributed by atoms with E-state index in [2.05, 4.69) is 26.1 Å². The van der Waals surface area contributed by atoms with Crippen LogP contribution in [-0.2, 0) is 6.54 Å². The predicted molar refractivity (Wildman–Crippen MR) is 79.6 cm³/mol. The minimum absolute atomic E-state index is 0. The van der Waals surface area contributed by atoms with Gasteiger partial charge < -0.3 is 5.73 Å². The van der Waals surface area contributed by atoms with Gasteiger partial charge in [0, 0.05) is 35.4 Å². The second-order valence-electron chi connectivity index (χ2n) is 4.73. The Morgan fingerprint density at radius 2 is 2.21 bits per heavy atom. The molecule has 0 aromatic carbocycles. The molecule has 0 amide bonds. The van der Waals surface area contributed by atoms with Gasteiger partial charge in [0.05, 0.1) is 0 Å². The summed E-state index contributed by atoms with van der Waals surface area (Å²) in [6.07, 6.45) is 6.11. The fourth-order valence-corrected chi connectivity index (χ4v) is 3.24. The molecule has 0 aliphatic carbocycles. The summed E-state index contributed by atoms with van der Waals surface area (Å²) in [5.41, 5.74) is 6.92. The van der Waals surface area contributed by atoms with Gasteiger partial charge in [-0.15, -0.1) is 23.7 Å². The van der Waals surface area contributed by atoms with Crippen LogP contribution >= 0.6 is 23.7 Å². The first kappa shape index (κ1) is 14.3. The van der Waals surface area contributed by atoms with Gasteiger partial charge in [-0.2, -0.15) is 5.10 Å². The summed E-state index contributed by atoms with van der Waals surface area (Å²) in [6, 6.07) is 2.09. The van der Waals surface area contributed by atoms with Crippen molar-refractivity contribution >= 4 is 28.9 Å². The van der Waals surface area contributed by atoms with Gasteiger partial charge in [-0.05, 0) is 32.0 Å². The second-order valence-corrected chi connectivity index (χ2v) is 5.87. The van der Waals surface area contributed by atoms with E-state index in [0.29, 0.717) is 11.0 Å². The molecule has 3 heterocycles. The van der Waals surface area contributed by atoms with Crippen LogP contribution in [0.2, 0.25) is 0 Å². The van der Waals surface area contributed by atoms with Gasteiger partial charge in [-0.3, -0.25) is 10.00 Å². The summed E-state index contributed by atoms with van der Waals surface area (Å²) in [5.74, 6) is 0.635. The number of hydrogen-bond acceptors (Lipinski definition) is 5. The summed E-state index contributed by atoms with van der Waals surface area (Å²) >= 11 is 1.59. The highest BCUT2D eigenvalue weighted by atomic mass is 35.5. The zero-order valence-corrected chi connectivity index (χ0v) is 12.2. The van der Waals surface area contributed by atoms with Gasteiger partial charge in [0.25, 0.3) is 0 Å². The fourth-order valence-electron chi connectivity index (χ4n) is 2.51. The number of H-pyrrole nitrogens is 1. The number of piperidine rings is 1. The molecule has 0 radical (unpaired) electrons. The Hall–Kier alpha value is -1.11. The molecule has 19 heavy (non-hydrogen) atoms. The van der Waals surface area contributed by atoms with Crippen molar-refractivity contribution in [2.24, 2.45) is 0 Å². The average Bonchev–Trinajstić information content (AvgIpc) is 3.02. The minimum Gasteiger partial charge on any atom is -0.375 e. The second kappa shape index (κ2) is 6.36. The molecule has 1 fully saturated rings. The smallest absolute Gasteiger partial charge is 0.180 e. The lowest BCUT2D eigenvalue weighted by molar-refractivity contribution is 0.205. The quantitative estimate of drug-likeness (QED) is 0.912. The third-order valence-corrected chi connectivity index (χ3v) is 4.31. The summed E-state index contributed by atoms with van der Waals surface area (Å²) in [5, 5.41) is 7.77. The van der Waals surface area contributed by atoms with Crippen LogP contribution < -0.4 is 5.73 Å². The van der Waals surface area contributed by atoms with E-state index in [1.165, 1.54) is 23.4 Å². The molecule has 0 atom stereocenters. The highest BCUT2D eigenvalue weighted by Crippen LogP contribution is 2.27. The van der Waals surface area contributed by atoms with E-state index < -0.39 is 0 Å². The Labute approximate surface area is 122 Å². The Morgan fingerprint density at radius 1 is 1.42 bits per heavy atom. The Morgan fingerprint density at radius 3 is 2.79 bits per heavy atom. The van der Waals surface area contributed by atoms with E-state index in [4.69, 9.17) is 5.73 Å². The van der Waals surface area contributed by atoms with Gasteiger partial charge in [0.2, 0.25) is 0 Å². The lowest BCUT2D eigenvalue weighted by atomic mass is 9.94. The molecule has 0 saturated carbocycles. The van der Waals surface area contributed by atoms with Gasteiger partial charge in [-0.1, -0.05) is 0 Å². The molecule has 0 spiro atoms. The molecule has 1 saturated heterocycles. The van der Waals surface area contributed by atoms with Crippen molar-refractivity contribution in [1.29, 1.82) is 0 Å². The van der Waals surface area contributed by atoms with Crippen molar-refractivity contribution in [2.75, 3.05) is 18.8 Å².